The van der Waals surface area contributed by atoms with Crippen LogP contribution in [0.15, 0.2) is 48.8 Å². The van der Waals surface area contributed by atoms with Crippen molar-refractivity contribution in [1.82, 2.24) is 15.0 Å². The summed E-state index contributed by atoms with van der Waals surface area (Å²) in [6.07, 6.45) is 10.6. The van der Waals surface area contributed by atoms with Gasteiger partial charge in [-0.3, -0.25) is 4.79 Å². The Morgan fingerprint density at radius 3 is 2.63 bits per heavy atom. The van der Waals surface area contributed by atoms with Crippen LogP contribution >= 0.6 is 11.3 Å². The molecule has 3 aromatic rings. The zero-order valence-electron chi connectivity index (χ0n) is 17.1. The fourth-order valence-corrected chi connectivity index (χ4v) is 4.46. The van der Waals surface area contributed by atoms with Crippen LogP contribution in [0, 0.1) is 5.92 Å². The number of rotatable bonds is 6. The largest absolute Gasteiger partial charge is 0.483 e. The van der Waals surface area contributed by atoms with Gasteiger partial charge >= 0.3 is 0 Å². The molecule has 0 radical (unpaired) electrons. The maximum absolute atomic E-state index is 8.36. The van der Waals surface area contributed by atoms with Crippen molar-refractivity contribution in [1.29, 1.82) is 0 Å². The van der Waals surface area contributed by atoms with E-state index < -0.39 is 0 Å². The standard InChI is InChI=1S/C21H25N5S.CH2O2/c1-26(15-16-8-3-2-4-9-16)21-23-14-18(27-21)17-10-7-12-20(24-17)25-19-11-5-6-13-22-19;2-1-3/h5-7,10-14,16H,2-4,8-9,15H2,1H3,(H,22,24,25);1H,(H,2,3). The number of hydrogen-bond donors (Lipinski definition) is 2. The second-order valence-corrected chi connectivity index (χ2v) is 8.25. The second kappa shape index (κ2) is 11.3. The highest BCUT2D eigenvalue weighted by atomic mass is 32.1. The number of thiazole rings is 1. The van der Waals surface area contributed by atoms with E-state index in [1.807, 2.05) is 42.6 Å². The van der Waals surface area contributed by atoms with E-state index >= 15 is 0 Å². The first-order chi connectivity index (χ1) is 14.7. The summed E-state index contributed by atoms with van der Waals surface area (Å²) in [6, 6.07) is 11.8. The molecule has 1 saturated carbocycles. The molecule has 4 rings (SSSR count). The van der Waals surface area contributed by atoms with Crippen LogP contribution in [-0.2, 0) is 4.79 Å². The Hall–Kier alpha value is -3.00. The number of carbonyl (C=O) groups is 1. The van der Waals surface area contributed by atoms with E-state index in [0.717, 1.165) is 39.8 Å². The van der Waals surface area contributed by atoms with E-state index in [1.165, 1.54) is 32.1 Å². The van der Waals surface area contributed by atoms with E-state index in [0.29, 0.717) is 0 Å². The Kier molecular flexibility index (Phi) is 8.14. The van der Waals surface area contributed by atoms with Crippen molar-refractivity contribution >= 4 is 34.6 Å². The number of carboxylic acid groups (broad SMARTS) is 1. The number of nitrogens with one attached hydrogen (secondary N) is 1. The molecule has 158 valence electrons. The average molecular weight is 426 g/mol. The maximum Gasteiger partial charge on any atom is 0.290 e. The van der Waals surface area contributed by atoms with Crippen LogP contribution in [0.3, 0.4) is 0 Å². The van der Waals surface area contributed by atoms with E-state index in [1.54, 1.807) is 17.5 Å². The molecule has 0 atom stereocenters. The minimum atomic E-state index is -0.250. The fourth-order valence-electron chi connectivity index (χ4n) is 3.60. The summed E-state index contributed by atoms with van der Waals surface area (Å²) in [5.74, 6) is 2.39. The molecule has 3 heterocycles. The average Bonchev–Trinajstić information content (AvgIpc) is 3.27. The first kappa shape index (κ1) is 21.7. The number of aromatic nitrogens is 3. The van der Waals surface area contributed by atoms with Crippen LogP contribution in [0.5, 0.6) is 0 Å². The Labute approximate surface area is 180 Å². The molecule has 0 unspecified atom stereocenters. The lowest BCUT2D eigenvalue weighted by Gasteiger charge is -2.26. The van der Waals surface area contributed by atoms with Gasteiger partial charge in [0.1, 0.15) is 11.6 Å². The van der Waals surface area contributed by atoms with Gasteiger partial charge in [-0.05, 0) is 43.0 Å². The molecule has 30 heavy (non-hydrogen) atoms. The van der Waals surface area contributed by atoms with Crippen molar-refractivity contribution in [3.8, 4) is 10.6 Å². The molecule has 3 aromatic heterocycles. The van der Waals surface area contributed by atoms with Crippen molar-refractivity contribution < 1.29 is 9.90 Å². The van der Waals surface area contributed by atoms with Crippen molar-refractivity contribution in [3.05, 3.63) is 48.8 Å². The summed E-state index contributed by atoms with van der Waals surface area (Å²) in [7, 11) is 2.16. The molecule has 0 aromatic carbocycles. The Morgan fingerprint density at radius 1 is 1.13 bits per heavy atom. The van der Waals surface area contributed by atoms with Gasteiger partial charge in [0.05, 0.1) is 10.6 Å². The molecule has 1 aliphatic carbocycles. The molecular weight excluding hydrogens is 398 g/mol. The predicted molar refractivity (Wildman–Crippen MR) is 121 cm³/mol. The number of hydrogen-bond acceptors (Lipinski definition) is 7. The maximum atomic E-state index is 8.36. The Morgan fingerprint density at radius 2 is 1.90 bits per heavy atom. The zero-order valence-corrected chi connectivity index (χ0v) is 17.9. The molecule has 7 nitrogen and oxygen atoms in total. The molecule has 2 N–H and O–H groups in total. The predicted octanol–water partition coefficient (Wildman–Crippen LogP) is 5.06. The van der Waals surface area contributed by atoms with E-state index in [9.17, 15) is 0 Å². The number of nitrogens with zero attached hydrogens (tertiary/aromatic N) is 4. The topological polar surface area (TPSA) is 91.2 Å². The summed E-state index contributed by atoms with van der Waals surface area (Å²) in [5.41, 5.74) is 0.936. The van der Waals surface area contributed by atoms with Crippen LogP contribution in [0.25, 0.3) is 10.6 Å². The lowest BCUT2D eigenvalue weighted by atomic mass is 9.89. The molecular formula is C22H27N5O2S. The third kappa shape index (κ3) is 6.25. The van der Waals surface area contributed by atoms with Crippen LogP contribution < -0.4 is 10.2 Å². The van der Waals surface area contributed by atoms with Crippen molar-refractivity contribution in [2.45, 2.75) is 32.1 Å². The monoisotopic (exact) mass is 425 g/mol. The van der Waals surface area contributed by atoms with Gasteiger partial charge in [-0.15, -0.1) is 0 Å². The van der Waals surface area contributed by atoms with Crippen molar-refractivity contribution in [2.75, 3.05) is 23.8 Å². The summed E-state index contributed by atoms with van der Waals surface area (Å²) >= 11 is 1.71. The molecule has 0 bridgehead atoms. The fraction of sp³-hybridized carbons (Fsp3) is 0.364. The lowest BCUT2D eigenvalue weighted by Crippen LogP contribution is -2.26. The van der Waals surface area contributed by atoms with E-state index in [4.69, 9.17) is 14.9 Å². The van der Waals surface area contributed by atoms with Crippen LogP contribution in [0.4, 0.5) is 16.8 Å². The van der Waals surface area contributed by atoms with Crippen molar-refractivity contribution in [2.24, 2.45) is 5.92 Å². The van der Waals surface area contributed by atoms with Gasteiger partial charge in [-0.2, -0.15) is 0 Å². The zero-order chi connectivity index (χ0) is 21.2. The molecule has 0 aliphatic heterocycles. The Balaban J connectivity index is 0.000000806. The molecule has 8 heteroatoms. The van der Waals surface area contributed by atoms with Gasteiger partial charge < -0.3 is 15.3 Å². The Bertz CT molecular complexity index is 913. The molecule has 0 spiro atoms. The van der Waals surface area contributed by atoms with Crippen molar-refractivity contribution in [3.63, 3.8) is 0 Å². The van der Waals surface area contributed by atoms with E-state index in [2.05, 4.69) is 27.2 Å². The van der Waals surface area contributed by atoms with Gasteiger partial charge in [0, 0.05) is 26.0 Å². The summed E-state index contributed by atoms with van der Waals surface area (Å²) in [5, 5.41) is 11.2. The first-order valence-corrected chi connectivity index (χ1v) is 10.9. The van der Waals surface area contributed by atoms with Gasteiger partial charge in [0.15, 0.2) is 5.13 Å². The quantitative estimate of drug-likeness (QED) is 0.533. The summed E-state index contributed by atoms with van der Waals surface area (Å²) in [6.45, 7) is 0.849. The van der Waals surface area contributed by atoms with Gasteiger partial charge in [0.25, 0.3) is 6.47 Å². The number of pyridine rings is 2. The van der Waals surface area contributed by atoms with E-state index in [-0.39, 0.29) is 6.47 Å². The van der Waals surface area contributed by atoms with Gasteiger partial charge in [0.2, 0.25) is 0 Å². The highest BCUT2D eigenvalue weighted by Crippen LogP contribution is 2.32. The minimum absolute atomic E-state index is 0.250. The number of anilines is 3. The van der Waals surface area contributed by atoms with Crippen LogP contribution in [-0.4, -0.2) is 40.1 Å². The highest BCUT2D eigenvalue weighted by molar-refractivity contribution is 7.18. The molecule has 0 amide bonds. The first-order valence-electron chi connectivity index (χ1n) is 10.1. The van der Waals surface area contributed by atoms with Crippen LogP contribution in [0.1, 0.15) is 32.1 Å². The molecule has 0 saturated heterocycles. The highest BCUT2D eigenvalue weighted by Gasteiger charge is 2.17. The summed E-state index contributed by atoms with van der Waals surface area (Å²) in [4.78, 5) is 25.4. The van der Waals surface area contributed by atoms with Gasteiger partial charge in [-0.1, -0.05) is 42.7 Å². The molecule has 1 fully saturated rings. The normalized spacial score (nSPS) is 13.8. The summed E-state index contributed by atoms with van der Waals surface area (Å²) < 4.78 is 0. The smallest absolute Gasteiger partial charge is 0.290 e. The van der Waals surface area contributed by atoms with Gasteiger partial charge in [-0.25, -0.2) is 15.0 Å². The minimum Gasteiger partial charge on any atom is -0.483 e. The third-order valence-electron chi connectivity index (χ3n) is 5.00. The molecule has 1 aliphatic rings. The second-order valence-electron chi connectivity index (χ2n) is 7.25. The van der Waals surface area contributed by atoms with Crippen LogP contribution in [0.2, 0.25) is 0 Å². The lowest BCUT2D eigenvalue weighted by molar-refractivity contribution is -0.122. The SMILES string of the molecule is CN(CC1CCCCC1)c1ncc(-c2cccc(Nc3ccccn3)n2)s1.O=CO. The third-order valence-corrected chi connectivity index (χ3v) is 6.13.